The van der Waals surface area contributed by atoms with Gasteiger partial charge in [-0.3, -0.25) is 4.79 Å². The number of benzene rings is 1. The molecule has 0 saturated heterocycles. The Morgan fingerprint density at radius 2 is 1.78 bits per heavy atom. The highest BCUT2D eigenvalue weighted by Gasteiger charge is 2.06. The number of amides is 1. The van der Waals surface area contributed by atoms with Gasteiger partial charge in [-0.25, -0.2) is 0 Å². The van der Waals surface area contributed by atoms with E-state index in [2.05, 4.69) is 6.92 Å². The van der Waals surface area contributed by atoms with Gasteiger partial charge in [0.2, 0.25) is 5.91 Å². The Morgan fingerprint density at radius 3 is 2.50 bits per heavy atom. The van der Waals surface area contributed by atoms with Gasteiger partial charge in [0.05, 0.1) is 5.56 Å². The molecule has 1 aromatic carbocycles. The first-order valence-electron chi connectivity index (χ1n) is 6.77. The van der Waals surface area contributed by atoms with Gasteiger partial charge in [-0.05, 0) is 24.3 Å². The topological polar surface area (TPSA) is 43.1 Å². The van der Waals surface area contributed by atoms with Crippen LogP contribution in [0, 0.1) is 0 Å². The third-order valence-corrected chi connectivity index (χ3v) is 4.07. The van der Waals surface area contributed by atoms with Gasteiger partial charge < -0.3 is 5.73 Å². The van der Waals surface area contributed by atoms with Crippen molar-refractivity contribution in [2.24, 2.45) is 5.73 Å². The molecule has 100 valence electrons. The van der Waals surface area contributed by atoms with E-state index in [-0.39, 0.29) is 5.91 Å². The number of carbonyl (C=O) groups is 1. The molecule has 0 aliphatic rings. The molecule has 0 fully saturated rings. The van der Waals surface area contributed by atoms with Crippen molar-refractivity contribution in [3.63, 3.8) is 0 Å². The van der Waals surface area contributed by atoms with Crippen LogP contribution in [-0.4, -0.2) is 11.7 Å². The second-order valence-corrected chi connectivity index (χ2v) is 5.61. The van der Waals surface area contributed by atoms with Crippen molar-refractivity contribution in [1.82, 2.24) is 0 Å². The summed E-state index contributed by atoms with van der Waals surface area (Å²) in [5.74, 6) is 0.734. The van der Waals surface area contributed by atoms with Crippen molar-refractivity contribution in [3.8, 4) is 0 Å². The van der Waals surface area contributed by atoms with Gasteiger partial charge in [0, 0.05) is 4.90 Å². The highest BCUT2D eigenvalue weighted by molar-refractivity contribution is 7.99. The van der Waals surface area contributed by atoms with E-state index in [0.717, 1.165) is 10.6 Å². The van der Waals surface area contributed by atoms with Gasteiger partial charge in [0.1, 0.15) is 0 Å². The number of primary amides is 1. The summed E-state index contributed by atoms with van der Waals surface area (Å²) in [5, 5.41) is 0. The molecule has 0 spiro atoms. The molecular formula is C15H23NOS. The van der Waals surface area contributed by atoms with Crippen LogP contribution in [0.15, 0.2) is 29.2 Å². The summed E-state index contributed by atoms with van der Waals surface area (Å²) in [5.41, 5.74) is 5.99. The maximum Gasteiger partial charge on any atom is 0.249 e. The summed E-state index contributed by atoms with van der Waals surface area (Å²) >= 11 is 1.74. The quantitative estimate of drug-likeness (QED) is 0.536. The number of hydrogen-bond donors (Lipinski definition) is 1. The zero-order valence-corrected chi connectivity index (χ0v) is 12.0. The minimum absolute atomic E-state index is 0.332. The molecule has 2 N–H and O–H groups in total. The lowest BCUT2D eigenvalue weighted by Crippen LogP contribution is -2.11. The molecule has 0 atom stereocenters. The highest BCUT2D eigenvalue weighted by Crippen LogP contribution is 2.23. The molecule has 0 bridgehead atoms. The monoisotopic (exact) mass is 265 g/mol. The van der Waals surface area contributed by atoms with E-state index in [1.807, 2.05) is 18.2 Å². The highest BCUT2D eigenvalue weighted by atomic mass is 32.2. The second-order valence-electron chi connectivity index (χ2n) is 4.48. The Morgan fingerprint density at radius 1 is 1.11 bits per heavy atom. The van der Waals surface area contributed by atoms with Gasteiger partial charge in [-0.15, -0.1) is 11.8 Å². The smallest absolute Gasteiger partial charge is 0.249 e. The fourth-order valence-corrected chi connectivity index (χ4v) is 2.93. The van der Waals surface area contributed by atoms with E-state index in [0.29, 0.717) is 5.56 Å². The van der Waals surface area contributed by atoms with Crippen molar-refractivity contribution < 1.29 is 4.79 Å². The van der Waals surface area contributed by atoms with Crippen LogP contribution < -0.4 is 5.73 Å². The van der Waals surface area contributed by atoms with Crippen molar-refractivity contribution in [1.29, 1.82) is 0 Å². The third-order valence-electron chi connectivity index (χ3n) is 2.91. The molecule has 0 aliphatic carbocycles. The average molecular weight is 265 g/mol. The van der Waals surface area contributed by atoms with Gasteiger partial charge in [0.25, 0.3) is 0 Å². The fourth-order valence-electron chi connectivity index (χ4n) is 1.86. The molecule has 1 rings (SSSR count). The second kappa shape index (κ2) is 9.03. The van der Waals surface area contributed by atoms with E-state index < -0.39 is 0 Å². The van der Waals surface area contributed by atoms with Gasteiger partial charge in [0.15, 0.2) is 0 Å². The zero-order chi connectivity index (χ0) is 13.2. The Bertz CT molecular complexity index is 365. The maximum absolute atomic E-state index is 11.2. The molecule has 2 nitrogen and oxygen atoms in total. The van der Waals surface area contributed by atoms with Crippen LogP contribution in [0.4, 0.5) is 0 Å². The van der Waals surface area contributed by atoms with E-state index in [1.165, 1.54) is 38.5 Å². The summed E-state index contributed by atoms with van der Waals surface area (Å²) in [7, 11) is 0. The zero-order valence-electron chi connectivity index (χ0n) is 11.2. The summed E-state index contributed by atoms with van der Waals surface area (Å²) in [6.07, 6.45) is 7.80. The molecule has 1 aromatic rings. The summed E-state index contributed by atoms with van der Waals surface area (Å²) < 4.78 is 0. The van der Waals surface area contributed by atoms with Crippen molar-refractivity contribution >= 4 is 17.7 Å². The van der Waals surface area contributed by atoms with Crippen LogP contribution in [-0.2, 0) is 0 Å². The van der Waals surface area contributed by atoms with Crippen LogP contribution in [0.1, 0.15) is 55.8 Å². The number of unbranched alkanes of at least 4 members (excludes halogenated alkanes) is 5. The summed E-state index contributed by atoms with van der Waals surface area (Å²) in [6.45, 7) is 2.23. The molecule has 0 heterocycles. The molecular weight excluding hydrogens is 242 g/mol. The number of hydrogen-bond acceptors (Lipinski definition) is 2. The van der Waals surface area contributed by atoms with Crippen LogP contribution >= 0.6 is 11.8 Å². The predicted octanol–water partition coefficient (Wildman–Crippen LogP) is 4.24. The standard InChI is InChI=1S/C15H23NOS/c1-2-3-4-5-6-9-12-18-14-11-8-7-10-13(14)15(16)17/h7-8,10-11H,2-6,9,12H2,1H3,(H2,16,17). The van der Waals surface area contributed by atoms with E-state index >= 15 is 0 Å². The van der Waals surface area contributed by atoms with Crippen LogP contribution in [0.3, 0.4) is 0 Å². The van der Waals surface area contributed by atoms with E-state index in [9.17, 15) is 4.79 Å². The lowest BCUT2D eigenvalue weighted by molar-refractivity contribution is 0.0997. The number of rotatable bonds is 9. The van der Waals surface area contributed by atoms with Crippen LogP contribution in [0.2, 0.25) is 0 Å². The molecule has 0 radical (unpaired) electrons. The van der Waals surface area contributed by atoms with Crippen LogP contribution in [0.25, 0.3) is 0 Å². The first-order chi connectivity index (χ1) is 8.75. The number of nitrogens with two attached hydrogens (primary N) is 1. The molecule has 3 heteroatoms. The minimum Gasteiger partial charge on any atom is -0.366 e. The SMILES string of the molecule is CCCCCCCCSc1ccccc1C(N)=O. The molecule has 0 unspecified atom stereocenters. The molecule has 1 amide bonds. The maximum atomic E-state index is 11.2. The first kappa shape index (κ1) is 15.1. The van der Waals surface area contributed by atoms with Gasteiger partial charge in [-0.2, -0.15) is 0 Å². The minimum atomic E-state index is -0.332. The Labute approximate surface area is 114 Å². The Hall–Kier alpha value is -0.960. The Balaban J connectivity index is 2.25. The van der Waals surface area contributed by atoms with E-state index in [4.69, 9.17) is 5.73 Å². The molecule has 18 heavy (non-hydrogen) atoms. The van der Waals surface area contributed by atoms with Crippen LogP contribution in [0.5, 0.6) is 0 Å². The lowest BCUT2D eigenvalue weighted by Gasteiger charge is -2.06. The Kier molecular flexibility index (Phi) is 7.58. The third kappa shape index (κ3) is 5.58. The van der Waals surface area contributed by atoms with Gasteiger partial charge >= 0.3 is 0 Å². The molecule has 0 saturated carbocycles. The van der Waals surface area contributed by atoms with E-state index in [1.54, 1.807) is 17.8 Å². The summed E-state index contributed by atoms with van der Waals surface area (Å²) in [4.78, 5) is 12.3. The molecule has 0 aromatic heterocycles. The van der Waals surface area contributed by atoms with Crippen molar-refractivity contribution in [3.05, 3.63) is 29.8 Å². The van der Waals surface area contributed by atoms with Gasteiger partial charge in [-0.1, -0.05) is 51.2 Å². The fraction of sp³-hybridized carbons (Fsp3) is 0.533. The lowest BCUT2D eigenvalue weighted by atomic mass is 10.1. The first-order valence-corrected chi connectivity index (χ1v) is 7.76. The summed E-state index contributed by atoms with van der Waals surface area (Å²) in [6, 6.07) is 7.58. The predicted molar refractivity (Wildman–Crippen MR) is 79.1 cm³/mol. The normalized spacial score (nSPS) is 10.5. The molecule has 0 aliphatic heterocycles. The number of thioether (sulfide) groups is 1. The number of carbonyl (C=O) groups excluding carboxylic acids is 1. The largest absolute Gasteiger partial charge is 0.366 e. The average Bonchev–Trinajstić information content (AvgIpc) is 2.38. The van der Waals surface area contributed by atoms with Crippen molar-refractivity contribution in [2.45, 2.75) is 50.3 Å². The van der Waals surface area contributed by atoms with Crippen molar-refractivity contribution in [2.75, 3.05) is 5.75 Å².